The molecule has 7 nitrogen and oxygen atoms in total. The molecule has 1 heterocycles. The Balaban J connectivity index is 1.81. The highest BCUT2D eigenvalue weighted by atomic mass is 19.1. The zero-order chi connectivity index (χ0) is 26.0. The number of carbonyl (C=O) groups is 1. The van der Waals surface area contributed by atoms with Crippen molar-refractivity contribution >= 4 is 11.6 Å². The van der Waals surface area contributed by atoms with E-state index in [1.807, 2.05) is 70.2 Å². The van der Waals surface area contributed by atoms with E-state index in [9.17, 15) is 9.59 Å². The number of halogens is 1. The maximum Gasteiger partial charge on any atom is 0.351 e. The van der Waals surface area contributed by atoms with E-state index in [1.165, 1.54) is 10.6 Å². The summed E-state index contributed by atoms with van der Waals surface area (Å²) in [5, 5.41) is 7.10. The van der Waals surface area contributed by atoms with Crippen LogP contribution in [0.15, 0.2) is 71.5 Å². The van der Waals surface area contributed by atoms with Crippen LogP contribution >= 0.6 is 0 Å². The fourth-order valence-electron chi connectivity index (χ4n) is 4.09. The zero-order valence-corrected chi connectivity index (χ0v) is 20.9. The fraction of sp³-hybridized carbons (Fsp3) is 0.250. The molecule has 0 aliphatic rings. The van der Waals surface area contributed by atoms with Gasteiger partial charge in [0, 0.05) is 17.8 Å². The molecule has 0 saturated carbocycles. The monoisotopic (exact) mass is 488 g/mol. The highest BCUT2D eigenvalue weighted by Crippen LogP contribution is 2.30. The normalized spacial score (nSPS) is 12.0. The minimum Gasteiger partial charge on any atom is -0.485 e. The van der Waals surface area contributed by atoms with Gasteiger partial charge in [0.2, 0.25) is 0 Å². The van der Waals surface area contributed by atoms with E-state index < -0.39 is 23.5 Å². The summed E-state index contributed by atoms with van der Waals surface area (Å²) < 4.78 is 24.1. The quantitative estimate of drug-likeness (QED) is 0.359. The molecule has 1 aromatic heterocycles. The second-order valence-corrected chi connectivity index (χ2v) is 8.94. The SMILES string of the molecule is Cc1ccccc1NC(=O)c1cc(F)c(-n2nc(C)n(C(C)C)c2=O)cc1OC(C)c1ccccc1. The Morgan fingerprint density at radius 2 is 1.67 bits per heavy atom. The van der Waals surface area contributed by atoms with Gasteiger partial charge in [-0.15, -0.1) is 0 Å². The first-order valence-electron chi connectivity index (χ1n) is 11.8. The van der Waals surface area contributed by atoms with E-state index in [-0.39, 0.29) is 23.0 Å². The summed E-state index contributed by atoms with van der Waals surface area (Å²) in [6.45, 7) is 9.10. The van der Waals surface area contributed by atoms with Crippen molar-refractivity contribution in [3.63, 3.8) is 0 Å². The first kappa shape index (κ1) is 24.9. The number of amides is 1. The molecule has 0 bridgehead atoms. The molecule has 1 atom stereocenters. The Labute approximate surface area is 209 Å². The third-order valence-electron chi connectivity index (χ3n) is 5.98. The van der Waals surface area contributed by atoms with E-state index in [1.54, 1.807) is 19.1 Å². The van der Waals surface area contributed by atoms with E-state index in [2.05, 4.69) is 10.4 Å². The van der Waals surface area contributed by atoms with Gasteiger partial charge in [0.05, 0.1) is 5.56 Å². The Kier molecular flexibility index (Phi) is 7.05. The Morgan fingerprint density at radius 1 is 1.00 bits per heavy atom. The Bertz CT molecular complexity index is 1460. The summed E-state index contributed by atoms with van der Waals surface area (Å²) in [7, 11) is 0. The van der Waals surface area contributed by atoms with Gasteiger partial charge < -0.3 is 10.1 Å². The molecule has 8 heteroatoms. The number of aryl methyl sites for hydroxylation is 2. The van der Waals surface area contributed by atoms with Crippen LogP contribution in [-0.4, -0.2) is 20.3 Å². The molecule has 36 heavy (non-hydrogen) atoms. The summed E-state index contributed by atoms with van der Waals surface area (Å²) in [5.74, 6) is -0.699. The number of aromatic nitrogens is 3. The summed E-state index contributed by atoms with van der Waals surface area (Å²) >= 11 is 0. The number of carbonyl (C=O) groups excluding carboxylic acids is 1. The molecule has 0 spiro atoms. The van der Waals surface area contributed by atoms with Crippen LogP contribution in [0.3, 0.4) is 0 Å². The summed E-state index contributed by atoms with van der Waals surface area (Å²) in [6, 6.07) is 19.1. The second kappa shape index (κ2) is 10.2. The number of rotatable bonds is 7. The predicted molar refractivity (Wildman–Crippen MR) is 138 cm³/mol. The number of para-hydroxylation sites is 1. The average molecular weight is 489 g/mol. The molecular weight excluding hydrogens is 459 g/mol. The van der Waals surface area contributed by atoms with Crippen molar-refractivity contribution in [2.24, 2.45) is 0 Å². The highest BCUT2D eigenvalue weighted by molar-refractivity contribution is 6.06. The number of anilines is 1. The molecule has 0 fully saturated rings. The van der Waals surface area contributed by atoms with Gasteiger partial charge in [0.15, 0.2) is 0 Å². The Morgan fingerprint density at radius 3 is 2.31 bits per heavy atom. The van der Waals surface area contributed by atoms with Crippen LogP contribution in [0, 0.1) is 19.7 Å². The maximum atomic E-state index is 15.4. The van der Waals surface area contributed by atoms with Crippen molar-refractivity contribution in [1.82, 2.24) is 14.3 Å². The van der Waals surface area contributed by atoms with Crippen LogP contribution < -0.4 is 15.7 Å². The van der Waals surface area contributed by atoms with E-state index in [0.717, 1.165) is 21.9 Å². The van der Waals surface area contributed by atoms with Gasteiger partial charge in [-0.05, 0) is 57.9 Å². The lowest BCUT2D eigenvalue weighted by atomic mass is 10.1. The molecule has 0 radical (unpaired) electrons. The molecule has 1 amide bonds. The second-order valence-electron chi connectivity index (χ2n) is 8.94. The van der Waals surface area contributed by atoms with E-state index in [4.69, 9.17) is 4.74 Å². The molecule has 0 aliphatic heterocycles. The van der Waals surface area contributed by atoms with Crippen molar-refractivity contribution in [2.75, 3.05) is 5.32 Å². The molecular formula is C28H29FN4O3. The highest BCUT2D eigenvalue weighted by Gasteiger charge is 2.23. The zero-order valence-electron chi connectivity index (χ0n) is 20.9. The van der Waals surface area contributed by atoms with Crippen molar-refractivity contribution in [3.8, 4) is 11.4 Å². The van der Waals surface area contributed by atoms with Gasteiger partial charge in [0.1, 0.15) is 29.2 Å². The number of ether oxygens (including phenoxy) is 1. The average Bonchev–Trinajstić information content (AvgIpc) is 3.15. The smallest absolute Gasteiger partial charge is 0.351 e. The first-order valence-corrected chi connectivity index (χ1v) is 11.8. The molecule has 0 aliphatic carbocycles. The van der Waals surface area contributed by atoms with Gasteiger partial charge in [-0.3, -0.25) is 9.36 Å². The van der Waals surface area contributed by atoms with Gasteiger partial charge in [-0.25, -0.2) is 9.18 Å². The minimum absolute atomic E-state index is 0.00958. The third-order valence-corrected chi connectivity index (χ3v) is 5.98. The molecule has 3 aromatic carbocycles. The molecule has 1 N–H and O–H groups in total. The Hall–Kier alpha value is -4.20. The molecule has 4 rings (SSSR count). The van der Waals surface area contributed by atoms with E-state index >= 15 is 4.39 Å². The molecule has 0 saturated heterocycles. The molecule has 186 valence electrons. The van der Waals surface area contributed by atoms with Crippen LogP contribution in [0.4, 0.5) is 10.1 Å². The largest absolute Gasteiger partial charge is 0.485 e. The number of nitrogens with one attached hydrogen (secondary N) is 1. The van der Waals surface area contributed by atoms with Crippen molar-refractivity contribution < 1.29 is 13.9 Å². The maximum absolute atomic E-state index is 15.4. The van der Waals surface area contributed by atoms with Crippen LogP contribution in [-0.2, 0) is 0 Å². The van der Waals surface area contributed by atoms with Gasteiger partial charge in [0.25, 0.3) is 5.91 Å². The standard InChI is InChI=1S/C28H29FN4O3/c1-17(2)32-20(5)31-33(28(32)35)25-16-26(36-19(4)21-12-7-6-8-13-21)22(15-23(25)29)27(34)30-24-14-10-9-11-18(24)3/h6-17,19H,1-5H3,(H,30,34). The van der Waals surface area contributed by atoms with Crippen molar-refractivity contribution in [1.29, 1.82) is 0 Å². The number of nitrogens with zero attached hydrogens (tertiary/aromatic N) is 3. The third kappa shape index (κ3) is 4.93. The lowest BCUT2D eigenvalue weighted by molar-refractivity contribution is 0.101. The number of hydrogen-bond donors (Lipinski definition) is 1. The predicted octanol–water partition coefficient (Wildman–Crippen LogP) is 5.76. The summed E-state index contributed by atoms with van der Waals surface area (Å²) in [6.07, 6.45) is -0.443. The fourth-order valence-corrected chi connectivity index (χ4v) is 4.09. The minimum atomic E-state index is -0.764. The summed E-state index contributed by atoms with van der Waals surface area (Å²) in [4.78, 5) is 26.3. The topological polar surface area (TPSA) is 78.2 Å². The van der Waals surface area contributed by atoms with Crippen LogP contribution in [0.2, 0.25) is 0 Å². The lowest BCUT2D eigenvalue weighted by Gasteiger charge is -2.19. The van der Waals surface area contributed by atoms with Gasteiger partial charge >= 0.3 is 5.69 Å². The molecule has 1 unspecified atom stereocenters. The number of hydrogen-bond acceptors (Lipinski definition) is 4. The number of benzene rings is 3. The van der Waals surface area contributed by atoms with E-state index in [0.29, 0.717) is 11.5 Å². The lowest BCUT2D eigenvalue weighted by Crippen LogP contribution is -2.26. The van der Waals surface area contributed by atoms with Crippen LogP contribution in [0.5, 0.6) is 5.75 Å². The van der Waals surface area contributed by atoms with Gasteiger partial charge in [-0.2, -0.15) is 9.78 Å². The molecule has 4 aromatic rings. The van der Waals surface area contributed by atoms with Crippen LogP contribution in [0.1, 0.15) is 60.2 Å². The first-order chi connectivity index (χ1) is 17.2. The van der Waals surface area contributed by atoms with Crippen LogP contribution in [0.25, 0.3) is 5.69 Å². The van der Waals surface area contributed by atoms with Crippen molar-refractivity contribution in [3.05, 3.63) is 106 Å². The summed E-state index contributed by atoms with van der Waals surface area (Å²) in [5.41, 5.74) is 1.80. The van der Waals surface area contributed by atoms with Gasteiger partial charge in [-0.1, -0.05) is 48.5 Å². The van der Waals surface area contributed by atoms with Crippen molar-refractivity contribution in [2.45, 2.75) is 46.8 Å².